The standard InChI is InChI=1S/C28H25FN4O5/c1-38-23-9-8-22(34)24(25(23)29)26(35)15-2-4-16(5-3-15)27(36)32-20-13-31-14-21(20)33-28(37)17-6-7-18-11-30-12-19(18)10-17/h2-11,20-21,31,34H,12-14H2,1H3,(H,32,36)(H,33,37)/t20-,21-/m1/s1. The Morgan fingerprint density at radius 2 is 1.58 bits per heavy atom. The van der Waals surface area contributed by atoms with Crippen LogP contribution in [0.5, 0.6) is 11.5 Å². The average molecular weight is 517 g/mol. The van der Waals surface area contributed by atoms with Crippen molar-refractivity contribution in [1.29, 1.82) is 0 Å². The highest BCUT2D eigenvalue weighted by Crippen LogP contribution is 2.30. The highest BCUT2D eigenvalue weighted by atomic mass is 19.1. The third-order valence-corrected chi connectivity index (χ3v) is 6.69. The largest absolute Gasteiger partial charge is 0.507 e. The quantitative estimate of drug-likeness (QED) is 0.357. The van der Waals surface area contributed by atoms with Crippen LogP contribution < -0.4 is 20.7 Å². The molecule has 3 aromatic carbocycles. The van der Waals surface area contributed by atoms with E-state index in [0.29, 0.717) is 25.2 Å². The minimum Gasteiger partial charge on any atom is -0.507 e. The van der Waals surface area contributed by atoms with E-state index in [0.717, 1.165) is 11.1 Å². The van der Waals surface area contributed by atoms with Crippen molar-refractivity contribution in [2.75, 3.05) is 20.2 Å². The molecule has 2 aliphatic heterocycles. The summed E-state index contributed by atoms with van der Waals surface area (Å²) in [6, 6.07) is 12.8. The first-order valence-corrected chi connectivity index (χ1v) is 12.0. The molecule has 0 spiro atoms. The van der Waals surface area contributed by atoms with E-state index in [1.54, 1.807) is 12.3 Å². The Bertz CT molecular complexity index is 1450. The smallest absolute Gasteiger partial charge is 0.251 e. The van der Waals surface area contributed by atoms with Gasteiger partial charge in [0.15, 0.2) is 17.3 Å². The molecule has 0 aliphatic carbocycles. The predicted octanol–water partition coefficient (Wildman–Crippen LogP) is 2.20. The fourth-order valence-corrected chi connectivity index (χ4v) is 4.58. The number of benzene rings is 3. The van der Waals surface area contributed by atoms with Crippen molar-refractivity contribution in [3.05, 3.63) is 93.8 Å². The zero-order valence-electron chi connectivity index (χ0n) is 20.5. The van der Waals surface area contributed by atoms with E-state index < -0.39 is 22.9 Å². The van der Waals surface area contributed by atoms with Crippen LogP contribution >= 0.6 is 0 Å². The first-order valence-electron chi connectivity index (χ1n) is 12.0. The number of hydrogen-bond donors (Lipinski definition) is 4. The molecular weight excluding hydrogens is 491 g/mol. The number of ether oxygens (including phenoxy) is 1. The van der Waals surface area contributed by atoms with Gasteiger partial charge in [0.1, 0.15) is 11.3 Å². The van der Waals surface area contributed by atoms with E-state index in [1.807, 2.05) is 12.1 Å². The van der Waals surface area contributed by atoms with E-state index in [9.17, 15) is 23.9 Å². The lowest BCUT2D eigenvalue weighted by Gasteiger charge is -2.21. The molecule has 3 aromatic rings. The average Bonchev–Trinajstić information content (AvgIpc) is 3.57. The van der Waals surface area contributed by atoms with Crippen molar-refractivity contribution in [2.24, 2.45) is 4.99 Å². The number of phenols is 1. The number of methoxy groups -OCH3 is 1. The molecular formula is C28H25FN4O5. The number of hydrogen-bond acceptors (Lipinski definition) is 7. The number of halogens is 1. The van der Waals surface area contributed by atoms with Gasteiger partial charge in [0.2, 0.25) is 0 Å². The van der Waals surface area contributed by atoms with Crippen LogP contribution in [0.4, 0.5) is 4.39 Å². The van der Waals surface area contributed by atoms with Crippen LogP contribution in [0.25, 0.3) is 0 Å². The maximum Gasteiger partial charge on any atom is 0.251 e. The zero-order valence-corrected chi connectivity index (χ0v) is 20.5. The summed E-state index contributed by atoms with van der Waals surface area (Å²) in [5.74, 6) is -3.00. The molecule has 0 radical (unpaired) electrons. The minimum atomic E-state index is -0.964. The van der Waals surface area contributed by atoms with E-state index >= 15 is 0 Å². The number of nitrogens with zero attached hydrogens (tertiary/aromatic N) is 1. The molecule has 2 amide bonds. The number of nitrogens with one attached hydrogen (secondary N) is 3. The molecule has 0 saturated carbocycles. The summed E-state index contributed by atoms with van der Waals surface area (Å²) in [5, 5.41) is 19.1. The first-order chi connectivity index (χ1) is 18.4. The van der Waals surface area contributed by atoms with Gasteiger partial charge in [0, 0.05) is 36.0 Å². The number of phenolic OH excluding ortho intramolecular Hbond substituents is 1. The molecule has 194 valence electrons. The number of aliphatic imine (C=N–C) groups is 1. The predicted molar refractivity (Wildman–Crippen MR) is 138 cm³/mol. The minimum absolute atomic E-state index is 0.0939. The first kappa shape index (κ1) is 25.1. The maximum absolute atomic E-state index is 14.6. The molecule has 1 saturated heterocycles. The summed E-state index contributed by atoms with van der Waals surface area (Å²) >= 11 is 0. The van der Waals surface area contributed by atoms with E-state index in [-0.39, 0.29) is 40.8 Å². The van der Waals surface area contributed by atoms with E-state index in [1.165, 1.54) is 43.5 Å². The third kappa shape index (κ3) is 4.85. The van der Waals surface area contributed by atoms with Gasteiger partial charge in [-0.05, 0) is 47.5 Å². The van der Waals surface area contributed by atoms with Crippen molar-refractivity contribution in [3.63, 3.8) is 0 Å². The van der Waals surface area contributed by atoms with Gasteiger partial charge in [0.05, 0.1) is 25.7 Å². The topological polar surface area (TPSA) is 129 Å². The lowest BCUT2D eigenvalue weighted by molar-refractivity contribution is 0.0896. The molecule has 2 atom stereocenters. The Balaban J connectivity index is 1.24. The number of aromatic hydroxyl groups is 1. The molecule has 0 bridgehead atoms. The fraction of sp³-hybridized carbons (Fsp3) is 0.214. The molecule has 2 aliphatic rings. The highest BCUT2D eigenvalue weighted by molar-refractivity contribution is 6.11. The van der Waals surface area contributed by atoms with Crippen LogP contribution in [0.1, 0.15) is 47.8 Å². The van der Waals surface area contributed by atoms with Crippen molar-refractivity contribution < 1.29 is 28.6 Å². The Hall–Kier alpha value is -4.57. The Kier molecular flexibility index (Phi) is 6.89. The van der Waals surface area contributed by atoms with Gasteiger partial charge >= 0.3 is 0 Å². The number of rotatable bonds is 7. The summed E-state index contributed by atoms with van der Waals surface area (Å²) in [4.78, 5) is 42.8. The lowest BCUT2D eigenvalue weighted by Crippen LogP contribution is -2.51. The van der Waals surface area contributed by atoms with Gasteiger partial charge in [-0.15, -0.1) is 0 Å². The highest BCUT2D eigenvalue weighted by Gasteiger charge is 2.30. The zero-order chi connectivity index (χ0) is 26.8. The normalized spacial score (nSPS) is 17.6. The Morgan fingerprint density at radius 1 is 0.947 bits per heavy atom. The second-order valence-corrected chi connectivity index (χ2v) is 9.08. The molecule has 0 aromatic heterocycles. The van der Waals surface area contributed by atoms with Gasteiger partial charge < -0.3 is 25.8 Å². The van der Waals surface area contributed by atoms with E-state index in [2.05, 4.69) is 20.9 Å². The second kappa shape index (κ2) is 10.4. The molecule has 4 N–H and O–H groups in total. The van der Waals surface area contributed by atoms with Crippen LogP contribution in [0.15, 0.2) is 59.6 Å². The van der Waals surface area contributed by atoms with Crippen LogP contribution in [-0.4, -0.2) is 61.2 Å². The maximum atomic E-state index is 14.6. The molecule has 2 heterocycles. The van der Waals surface area contributed by atoms with Gasteiger partial charge in [-0.1, -0.05) is 18.2 Å². The van der Waals surface area contributed by atoms with Gasteiger partial charge in [-0.25, -0.2) is 4.39 Å². The summed E-state index contributed by atoms with van der Waals surface area (Å²) < 4.78 is 19.5. The number of carbonyl (C=O) groups is 3. The van der Waals surface area contributed by atoms with Crippen LogP contribution in [0.3, 0.4) is 0 Å². The molecule has 10 heteroatoms. The summed E-state index contributed by atoms with van der Waals surface area (Å²) in [6.45, 7) is 1.52. The van der Waals surface area contributed by atoms with E-state index in [4.69, 9.17) is 4.74 Å². The molecule has 38 heavy (non-hydrogen) atoms. The number of carbonyl (C=O) groups excluding carboxylic acids is 3. The van der Waals surface area contributed by atoms with Gasteiger partial charge in [-0.2, -0.15) is 0 Å². The third-order valence-electron chi connectivity index (χ3n) is 6.69. The SMILES string of the molecule is COc1ccc(O)c(C(=O)c2ccc(C(=O)N[C@@H]3CNC[C@H]3NC(=O)c3ccc4c(c3)CN=C4)cc2)c1F. The van der Waals surface area contributed by atoms with Gasteiger partial charge in [0.25, 0.3) is 11.8 Å². The lowest BCUT2D eigenvalue weighted by atomic mass is 10.00. The number of amides is 2. The second-order valence-electron chi connectivity index (χ2n) is 9.08. The molecule has 1 fully saturated rings. The number of ketones is 1. The Labute approximate surface area is 217 Å². The molecule has 5 rings (SSSR count). The monoisotopic (exact) mass is 516 g/mol. The van der Waals surface area contributed by atoms with Crippen molar-refractivity contribution in [1.82, 2.24) is 16.0 Å². The summed E-state index contributed by atoms with van der Waals surface area (Å²) in [6.07, 6.45) is 1.78. The van der Waals surface area contributed by atoms with Crippen molar-refractivity contribution >= 4 is 23.8 Å². The van der Waals surface area contributed by atoms with Crippen molar-refractivity contribution in [2.45, 2.75) is 18.6 Å². The van der Waals surface area contributed by atoms with Crippen LogP contribution in [0.2, 0.25) is 0 Å². The fourth-order valence-electron chi connectivity index (χ4n) is 4.58. The van der Waals surface area contributed by atoms with Gasteiger partial charge in [-0.3, -0.25) is 19.4 Å². The van der Waals surface area contributed by atoms with Crippen LogP contribution in [-0.2, 0) is 6.54 Å². The van der Waals surface area contributed by atoms with Crippen molar-refractivity contribution in [3.8, 4) is 11.5 Å². The molecule has 9 nitrogen and oxygen atoms in total. The molecule has 0 unspecified atom stereocenters. The summed E-state index contributed by atoms with van der Waals surface area (Å²) in [5.41, 5.74) is 2.41. The van der Waals surface area contributed by atoms with Crippen LogP contribution in [0, 0.1) is 5.82 Å². The summed E-state index contributed by atoms with van der Waals surface area (Å²) in [7, 11) is 1.26. The Morgan fingerprint density at radius 3 is 2.26 bits per heavy atom. The number of fused-ring (bicyclic) bond motifs is 1.